The van der Waals surface area contributed by atoms with E-state index in [1.165, 1.54) is 11.8 Å². The van der Waals surface area contributed by atoms with Crippen LogP contribution in [-0.2, 0) is 19.1 Å². The van der Waals surface area contributed by atoms with Crippen LogP contribution >= 0.6 is 11.8 Å². The van der Waals surface area contributed by atoms with Crippen LogP contribution in [0.3, 0.4) is 0 Å². The Balaban J connectivity index is 1.82. The number of esters is 1. The van der Waals surface area contributed by atoms with Gasteiger partial charge in [-0.15, -0.1) is 18.3 Å². The molecule has 39 heavy (non-hydrogen) atoms. The lowest BCUT2D eigenvalue weighted by Gasteiger charge is -2.61. The molecule has 4 N–H and O–H groups in total. The maximum atomic E-state index is 13.5. The fraction of sp³-hybridized carbons (Fsp3) is 0.839. The first-order valence-corrected chi connectivity index (χ1v) is 15.6. The number of ketones is 1. The lowest BCUT2D eigenvalue weighted by Crippen LogP contribution is -2.63. The minimum absolute atomic E-state index is 0.0382. The number of nitrogens with two attached hydrogens (primary N) is 1. The number of carbonyl (C=O) groups excluding carboxylic acids is 3. The third-order valence-corrected chi connectivity index (χ3v) is 12.2. The molecule has 0 spiro atoms. The van der Waals surface area contributed by atoms with Gasteiger partial charge in [0.2, 0.25) is 5.91 Å². The average molecular weight is 565 g/mol. The predicted molar refractivity (Wildman–Crippen MR) is 157 cm³/mol. The van der Waals surface area contributed by atoms with E-state index >= 15 is 0 Å². The van der Waals surface area contributed by atoms with Crippen LogP contribution in [-0.4, -0.2) is 58.1 Å². The molecule has 1 amide bonds. The number of ether oxygens (including phenoxy) is 1. The Hall–Kier alpha value is -1.38. The number of hydrogen-bond donors (Lipinski definition) is 3. The van der Waals surface area contributed by atoms with Crippen molar-refractivity contribution in [2.75, 3.05) is 12.3 Å². The first-order valence-electron chi connectivity index (χ1n) is 14.7. The van der Waals surface area contributed by atoms with Crippen LogP contribution in [0, 0.1) is 39.9 Å². The van der Waals surface area contributed by atoms with Crippen LogP contribution in [0.5, 0.6) is 0 Å². The maximum absolute atomic E-state index is 13.5. The molecule has 0 aromatic rings. The summed E-state index contributed by atoms with van der Waals surface area (Å²) in [7, 11) is 0. The van der Waals surface area contributed by atoms with Gasteiger partial charge in [-0.25, -0.2) is 0 Å². The van der Waals surface area contributed by atoms with Gasteiger partial charge in [0.1, 0.15) is 11.9 Å². The highest BCUT2D eigenvalue weighted by atomic mass is 32.2. The van der Waals surface area contributed by atoms with Crippen LogP contribution in [0.25, 0.3) is 0 Å². The van der Waals surface area contributed by atoms with E-state index in [0.29, 0.717) is 19.4 Å². The fourth-order valence-electron chi connectivity index (χ4n) is 7.72. The van der Waals surface area contributed by atoms with E-state index in [4.69, 9.17) is 10.5 Å². The minimum atomic E-state index is -0.684. The molecule has 3 fully saturated rings. The third kappa shape index (κ3) is 5.85. The average Bonchev–Trinajstić information content (AvgIpc) is 3.24. The molecule has 4 unspecified atom stereocenters. The summed E-state index contributed by atoms with van der Waals surface area (Å²) < 4.78 is 5.92. The van der Waals surface area contributed by atoms with Crippen LogP contribution < -0.4 is 11.1 Å². The van der Waals surface area contributed by atoms with Crippen LogP contribution in [0.15, 0.2) is 12.7 Å². The molecule has 3 aliphatic carbocycles. The molecule has 0 aliphatic heterocycles. The van der Waals surface area contributed by atoms with Gasteiger partial charge in [0.25, 0.3) is 0 Å². The molecule has 9 atom stereocenters. The largest absolute Gasteiger partial charge is 0.461 e. The number of carbonyl (C=O) groups is 3. The summed E-state index contributed by atoms with van der Waals surface area (Å²) in [5.74, 6) is -0.243. The summed E-state index contributed by atoms with van der Waals surface area (Å²) >= 11 is 1.43. The number of rotatable bonds is 9. The summed E-state index contributed by atoms with van der Waals surface area (Å²) in [5, 5.41) is 14.6. The van der Waals surface area contributed by atoms with Gasteiger partial charge < -0.3 is 20.9 Å². The van der Waals surface area contributed by atoms with E-state index in [2.05, 4.69) is 32.7 Å². The van der Waals surface area contributed by atoms with E-state index < -0.39 is 33.8 Å². The van der Waals surface area contributed by atoms with Crippen molar-refractivity contribution >= 4 is 29.4 Å². The van der Waals surface area contributed by atoms with E-state index in [1.54, 1.807) is 0 Å². The number of Topliss-reactive ketones (excluding diaryl/α,β-unsaturated/α-hetero) is 1. The number of aliphatic hydroxyl groups excluding tert-OH is 1. The van der Waals surface area contributed by atoms with Crippen LogP contribution in [0.4, 0.5) is 0 Å². The predicted octanol–water partition coefficient (Wildman–Crippen LogP) is 4.50. The van der Waals surface area contributed by atoms with Crippen molar-refractivity contribution in [2.45, 2.75) is 110 Å². The monoisotopic (exact) mass is 564 g/mol. The molecule has 0 aromatic heterocycles. The van der Waals surface area contributed by atoms with Crippen LogP contribution in [0.1, 0.15) is 87.5 Å². The molecule has 2 bridgehead atoms. The molecule has 8 heteroatoms. The fourth-order valence-corrected chi connectivity index (χ4v) is 8.47. The van der Waals surface area contributed by atoms with E-state index in [0.717, 1.165) is 19.3 Å². The lowest BCUT2D eigenvalue weighted by molar-refractivity contribution is -0.205. The summed E-state index contributed by atoms with van der Waals surface area (Å²) in [6, 6.07) is -0.573. The van der Waals surface area contributed by atoms with Gasteiger partial charge in [-0.3, -0.25) is 14.4 Å². The highest BCUT2D eigenvalue weighted by molar-refractivity contribution is 8.01. The summed E-state index contributed by atoms with van der Waals surface area (Å²) in [6.07, 6.45) is 4.17. The zero-order chi connectivity index (χ0) is 29.6. The van der Waals surface area contributed by atoms with E-state index in [1.807, 2.05) is 40.7 Å². The second-order valence-electron chi connectivity index (χ2n) is 14.1. The Morgan fingerprint density at radius 2 is 1.92 bits per heavy atom. The minimum Gasteiger partial charge on any atom is -0.461 e. The molecule has 222 valence electrons. The van der Waals surface area contributed by atoms with E-state index in [-0.39, 0.29) is 52.5 Å². The zero-order valence-electron chi connectivity index (χ0n) is 25.3. The van der Waals surface area contributed by atoms with Crippen molar-refractivity contribution in [3.8, 4) is 0 Å². The van der Waals surface area contributed by atoms with E-state index in [9.17, 15) is 19.5 Å². The highest BCUT2D eigenvalue weighted by Crippen LogP contribution is 2.68. The quantitative estimate of drug-likeness (QED) is 0.279. The van der Waals surface area contributed by atoms with Gasteiger partial charge in [0, 0.05) is 34.5 Å². The van der Waals surface area contributed by atoms with Gasteiger partial charge in [-0.2, -0.15) is 0 Å². The molecular weight excluding hydrogens is 512 g/mol. The summed E-state index contributed by atoms with van der Waals surface area (Å²) in [5.41, 5.74) is 4.49. The Kier molecular flexibility index (Phi) is 9.46. The third-order valence-electron chi connectivity index (χ3n) is 10.9. The lowest BCUT2D eigenvalue weighted by atomic mass is 9.44. The van der Waals surface area contributed by atoms with Gasteiger partial charge in [0.05, 0.1) is 17.9 Å². The Bertz CT molecular complexity index is 969. The molecule has 3 saturated carbocycles. The maximum Gasteiger partial charge on any atom is 0.316 e. The van der Waals surface area contributed by atoms with Crippen LogP contribution in [0.2, 0.25) is 0 Å². The molecule has 0 saturated heterocycles. The van der Waals surface area contributed by atoms with Gasteiger partial charge >= 0.3 is 5.97 Å². The van der Waals surface area contributed by atoms with Crippen molar-refractivity contribution < 1.29 is 24.2 Å². The summed E-state index contributed by atoms with van der Waals surface area (Å²) in [4.78, 5) is 39.2. The Labute approximate surface area is 239 Å². The molecule has 3 rings (SSSR count). The van der Waals surface area contributed by atoms with Crippen molar-refractivity contribution in [3.05, 3.63) is 12.7 Å². The Morgan fingerprint density at radius 3 is 2.51 bits per heavy atom. The van der Waals surface area contributed by atoms with Crippen molar-refractivity contribution in [2.24, 2.45) is 45.7 Å². The van der Waals surface area contributed by atoms with Crippen molar-refractivity contribution in [1.29, 1.82) is 0 Å². The molecule has 0 heterocycles. The standard InChI is InChI=1S/C31H52N2O5S/c1-10-29(8)15-22(38-23(35)16-39-28(6,7)17-33-27(37)24(32)18(2)3)30(9)19(4)11-13-31(20(5)26(29)36)14-12-21(34)25(30)31/h10,18-20,22,24-26,36H,1,11-17,32H2,2-9H3,(H,33,37)/t19?,20-,22+,24+,25?,26?,29+,30+,31?/m0/s1. The second-order valence-corrected chi connectivity index (χ2v) is 15.8. The number of thioether (sulfide) groups is 1. The second kappa shape index (κ2) is 11.5. The highest BCUT2D eigenvalue weighted by Gasteiger charge is 2.68. The first-order chi connectivity index (χ1) is 17.9. The normalized spacial score (nSPS) is 39.4. The SMILES string of the molecule is C=C[C@]1(C)C[C@@H](OC(=O)CSC(C)(C)CNC(=O)[C@H](N)C(C)C)[C@@]2(C)C(C)CCC3(CCC(=O)C32)[C@@H](C)C1O. The number of hydrogen-bond acceptors (Lipinski definition) is 7. The topological polar surface area (TPSA) is 119 Å². The molecule has 3 aliphatic rings. The summed E-state index contributed by atoms with van der Waals surface area (Å²) in [6.45, 7) is 20.7. The smallest absolute Gasteiger partial charge is 0.316 e. The number of nitrogens with one attached hydrogen (secondary N) is 1. The molecular formula is C31H52N2O5S. The first kappa shape index (κ1) is 32.1. The molecule has 7 nitrogen and oxygen atoms in total. The van der Waals surface area contributed by atoms with Crippen molar-refractivity contribution in [1.82, 2.24) is 5.32 Å². The van der Waals surface area contributed by atoms with Gasteiger partial charge in [0.15, 0.2) is 0 Å². The molecule has 0 aromatic carbocycles. The number of amides is 1. The Morgan fingerprint density at radius 1 is 1.28 bits per heavy atom. The number of aliphatic hydroxyl groups is 1. The van der Waals surface area contributed by atoms with Gasteiger partial charge in [-0.05, 0) is 62.7 Å². The zero-order valence-corrected chi connectivity index (χ0v) is 26.2. The molecule has 0 radical (unpaired) electrons. The van der Waals surface area contributed by atoms with Gasteiger partial charge in [-0.1, -0.05) is 47.6 Å². The van der Waals surface area contributed by atoms with Crippen molar-refractivity contribution in [3.63, 3.8) is 0 Å².